The van der Waals surface area contributed by atoms with Gasteiger partial charge in [-0.3, -0.25) is 4.98 Å². The van der Waals surface area contributed by atoms with Gasteiger partial charge in [-0.05, 0) is 57.6 Å². The summed E-state index contributed by atoms with van der Waals surface area (Å²) in [4.78, 5) is 4.37. The lowest BCUT2D eigenvalue weighted by atomic mass is 10.1. The summed E-state index contributed by atoms with van der Waals surface area (Å²) in [5, 5.41) is 4.38. The largest absolute Gasteiger partial charge is 0.396 e. The number of aromatic nitrogens is 1. The Labute approximate surface area is 116 Å². The van der Waals surface area contributed by atoms with Crippen molar-refractivity contribution < 1.29 is 0 Å². The van der Waals surface area contributed by atoms with E-state index in [9.17, 15) is 0 Å². The van der Waals surface area contributed by atoms with Crippen molar-refractivity contribution in [2.45, 2.75) is 6.92 Å². The van der Waals surface area contributed by atoms with E-state index in [-0.39, 0.29) is 0 Å². The van der Waals surface area contributed by atoms with Crippen LogP contribution in [-0.4, -0.2) is 11.5 Å². The molecule has 1 aromatic heterocycles. The lowest BCUT2D eigenvalue weighted by Gasteiger charge is -2.12. The van der Waals surface area contributed by atoms with E-state index in [0.717, 1.165) is 31.2 Å². The second-order valence-electron chi connectivity index (χ2n) is 3.37. The molecule has 3 N–H and O–H groups in total. The van der Waals surface area contributed by atoms with Crippen molar-refractivity contribution in [3.63, 3.8) is 0 Å². The zero-order chi connectivity index (χ0) is 11.7. The van der Waals surface area contributed by atoms with Gasteiger partial charge in [0, 0.05) is 20.0 Å². The van der Waals surface area contributed by atoms with Crippen molar-refractivity contribution in [2.75, 3.05) is 17.6 Å². The van der Waals surface area contributed by atoms with Gasteiger partial charge in [-0.25, -0.2) is 0 Å². The molecule has 0 amide bonds. The minimum atomic E-state index is 0.686. The molecule has 84 valence electrons. The monoisotopic (exact) mass is 391 g/mol. The van der Waals surface area contributed by atoms with E-state index < -0.39 is 0 Å². The summed E-state index contributed by atoms with van der Waals surface area (Å²) in [6.45, 7) is 2.89. The predicted octanol–water partition coefficient (Wildman–Crippen LogP) is 3.62. The normalized spacial score (nSPS) is 10.7. The highest BCUT2D eigenvalue weighted by molar-refractivity contribution is 14.1. The van der Waals surface area contributed by atoms with E-state index in [1.807, 2.05) is 6.07 Å². The Bertz CT molecular complexity index is 542. The molecule has 1 heterocycles. The molecule has 2 rings (SSSR count). The standard InChI is InChI=1S/C11H11BrIN3/c1-2-15-11-8(14)5-16-10-6(12)3-4-7(13)9(10)11/h3-5H,2,14H2,1H3,(H,15,16). The fourth-order valence-electron chi connectivity index (χ4n) is 1.62. The van der Waals surface area contributed by atoms with Crippen molar-refractivity contribution in [3.05, 3.63) is 26.4 Å². The highest BCUT2D eigenvalue weighted by Crippen LogP contribution is 2.34. The molecule has 2 aromatic rings. The van der Waals surface area contributed by atoms with E-state index >= 15 is 0 Å². The van der Waals surface area contributed by atoms with E-state index in [4.69, 9.17) is 5.73 Å². The van der Waals surface area contributed by atoms with Crippen LogP contribution in [0.4, 0.5) is 11.4 Å². The van der Waals surface area contributed by atoms with Gasteiger partial charge in [-0.15, -0.1) is 0 Å². The molecule has 0 aliphatic rings. The zero-order valence-electron chi connectivity index (χ0n) is 8.72. The highest BCUT2D eigenvalue weighted by atomic mass is 127. The summed E-state index contributed by atoms with van der Waals surface area (Å²) in [7, 11) is 0. The molecule has 0 radical (unpaired) electrons. The molecule has 0 aliphatic carbocycles. The average molecular weight is 392 g/mol. The summed E-state index contributed by atoms with van der Waals surface area (Å²) in [5.74, 6) is 0. The van der Waals surface area contributed by atoms with Gasteiger partial charge in [-0.2, -0.15) is 0 Å². The van der Waals surface area contributed by atoms with Crippen LogP contribution in [0.2, 0.25) is 0 Å². The molecule has 0 bridgehead atoms. The van der Waals surface area contributed by atoms with Crippen LogP contribution < -0.4 is 11.1 Å². The summed E-state index contributed by atoms with van der Waals surface area (Å²) in [6.07, 6.45) is 1.70. The Kier molecular flexibility index (Phi) is 3.53. The van der Waals surface area contributed by atoms with Crippen LogP contribution in [0.15, 0.2) is 22.8 Å². The Morgan fingerprint density at radius 2 is 2.25 bits per heavy atom. The van der Waals surface area contributed by atoms with Crippen LogP contribution >= 0.6 is 38.5 Å². The number of rotatable bonds is 2. The van der Waals surface area contributed by atoms with Gasteiger partial charge in [-0.1, -0.05) is 0 Å². The second kappa shape index (κ2) is 4.75. The number of anilines is 2. The highest BCUT2D eigenvalue weighted by Gasteiger charge is 2.11. The quantitative estimate of drug-likeness (QED) is 0.768. The molecule has 5 heteroatoms. The van der Waals surface area contributed by atoms with Crippen molar-refractivity contribution in [1.82, 2.24) is 4.98 Å². The van der Waals surface area contributed by atoms with Crippen LogP contribution in [0.25, 0.3) is 10.9 Å². The number of pyridine rings is 1. The third kappa shape index (κ3) is 1.98. The van der Waals surface area contributed by atoms with Crippen LogP contribution in [0.3, 0.4) is 0 Å². The lowest BCUT2D eigenvalue weighted by Crippen LogP contribution is -2.03. The van der Waals surface area contributed by atoms with Crippen molar-refractivity contribution >= 4 is 60.8 Å². The van der Waals surface area contributed by atoms with E-state index in [2.05, 4.69) is 61.8 Å². The predicted molar refractivity (Wildman–Crippen MR) is 80.7 cm³/mol. The number of nitrogen functional groups attached to an aromatic ring is 1. The number of hydrogen-bond donors (Lipinski definition) is 2. The molecular weight excluding hydrogens is 381 g/mol. The summed E-state index contributed by atoms with van der Waals surface area (Å²) >= 11 is 5.81. The van der Waals surface area contributed by atoms with E-state index in [1.54, 1.807) is 6.20 Å². The number of nitrogens with one attached hydrogen (secondary N) is 1. The lowest BCUT2D eigenvalue weighted by molar-refractivity contribution is 1.21. The van der Waals surface area contributed by atoms with Crippen LogP contribution in [0, 0.1) is 3.57 Å². The zero-order valence-corrected chi connectivity index (χ0v) is 12.5. The molecular formula is C11H11BrIN3. The molecule has 0 saturated heterocycles. The number of hydrogen-bond acceptors (Lipinski definition) is 3. The van der Waals surface area contributed by atoms with Gasteiger partial charge in [0.2, 0.25) is 0 Å². The summed E-state index contributed by atoms with van der Waals surface area (Å²) < 4.78 is 2.13. The molecule has 1 aromatic carbocycles. The van der Waals surface area contributed by atoms with E-state index in [0.29, 0.717) is 5.69 Å². The number of fused-ring (bicyclic) bond motifs is 1. The first-order valence-corrected chi connectivity index (χ1v) is 6.78. The van der Waals surface area contributed by atoms with Crippen LogP contribution in [0.5, 0.6) is 0 Å². The number of nitrogens with zero attached hydrogens (tertiary/aromatic N) is 1. The van der Waals surface area contributed by atoms with Gasteiger partial charge < -0.3 is 11.1 Å². The minimum Gasteiger partial charge on any atom is -0.396 e. The van der Waals surface area contributed by atoms with Gasteiger partial charge in [0.25, 0.3) is 0 Å². The third-order valence-corrected chi connectivity index (χ3v) is 3.84. The maximum Gasteiger partial charge on any atom is 0.0877 e. The summed E-state index contributed by atoms with van der Waals surface area (Å²) in [6, 6.07) is 4.05. The maximum absolute atomic E-state index is 5.95. The molecule has 0 atom stereocenters. The number of benzene rings is 1. The molecule has 0 aliphatic heterocycles. The van der Waals surface area contributed by atoms with Crippen molar-refractivity contribution in [2.24, 2.45) is 0 Å². The molecule has 0 saturated carbocycles. The number of halogens is 2. The first-order chi connectivity index (χ1) is 7.65. The first-order valence-electron chi connectivity index (χ1n) is 4.91. The first kappa shape index (κ1) is 11.9. The Morgan fingerprint density at radius 1 is 1.50 bits per heavy atom. The SMILES string of the molecule is CCNc1c(N)cnc2c(Br)ccc(I)c12. The van der Waals surface area contributed by atoms with Crippen molar-refractivity contribution in [1.29, 1.82) is 0 Å². The Hall–Kier alpha value is -0.560. The number of nitrogens with two attached hydrogens (primary N) is 1. The van der Waals surface area contributed by atoms with Gasteiger partial charge in [0.15, 0.2) is 0 Å². The molecule has 0 unspecified atom stereocenters. The molecule has 3 nitrogen and oxygen atoms in total. The van der Waals surface area contributed by atoms with Gasteiger partial charge >= 0.3 is 0 Å². The van der Waals surface area contributed by atoms with Crippen LogP contribution in [-0.2, 0) is 0 Å². The van der Waals surface area contributed by atoms with Gasteiger partial charge in [0.05, 0.1) is 23.1 Å². The minimum absolute atomic E-state index is 0.686. The van der Waals surface area contributed by atoms with Crippen molar-refractivity contribution in [3.8, 4) is 0 Å². The van der Waals surface area contributed by atoms with Gasteiger partial charge in [0.1, 0.15) is 0 Å². The maximum atomic E-state index is 5.95. The molecule has 0 spiro atoms. The van der Waals surface area contributed by atoms with E-state index in [1.165, 1.54) is 0 Å². The molecule has 0 fully saturated rings. The Balaban J connectivity index is 2.85. The second-order valence-corrected chi connectivity index (χ2v) is 5.39. The van der Waals surface area contributed by atoms with Crippen LogP contribution in [0.1, 0.15) is 6.92 Å². The fourth-order valence-corrected chi connectivity index (χ4v) is 2.75. The Morgan fingerprint density at radius 3 is 2.94 bits per heavy atom. The molecule has 16 heavy (non-hydrogen) atoms. The average Bonchev–Trinajstić information content (AvgIpc) is 2.27. The smallest absolute Gasteiger partial charge is 0.0877 e. The summed E-state index contributed by atoms with van der Waals surface area (Å²) in [5.41, 5.74) is 8.55. The fraction of sp³-hybridized carbons (Fsp3) is 0.182. The third-order valence-electron chi connectivity index (χ3n) is 2.30. The topological polar surface area (TPSA) is 50.9 Å².